The van der Waals surface area contributed by atoms with Crippen LogP contribution in [0.25, 0.3) is 0 Å². The Morgan fingerprint density at radius 2 is 2.25 bits per heavy atom. The van der Waals surface area contributed by atoms with Crippen molar-refractivity contribution in [1.29, 1.82) is 0 Å². The minimum Gasteiger partial charge on any atom is -0.505 e. The second kappa shape index (κ2) is 2.66. The molecule has 0 atom stereocenters. The van der Waals surface area contributed by atoms with Crippen molar-refractivity contribution in [3.05, 3.63) is 23.5 Å². The highest BCUT2D eigenvalue weighted by molar-refractivity contribution is 5.56. The Hall–Kier alpha value is -1.25. The van der Waals surface area contributed by atoms with Crippen molar-refractivity contribution in [2.24, 2.45) is 0 Å². The lowest BCUT2D eigenvalue weighted by molar-refractivity contribution is 0.431. The quantitative estimate of drug-likeness (QED) is 0.578. The van der Waals surface area contributed by atoms with E-state index in [0.29, 0.717) is 0 Å². The molecule has 0 aromatic heterocycles. The van der Waals surface area contributed by atoms with Gasteiger partial charge in [0.15, 0.2) is 11.6 Å². The molecule has 64 valence electrons. The summed E-state index contributed by atoms with van der Waals surface area (Å²) in [7, 11) is 0. The van der Waals surface area contributed by atoms with Crippen molar-refractivity contribution in [3.63, 3.8) is 0 Å². The van der Waals surface area contributed by atoms with E-state index in [1.54, 1.807) is 0 Å². The summed E-state index contributed by atoms with van der Waals surface area (Å²) >= 11 is 0. The molecule has 1 aliphatic heterocycles. The molecule has 2 rings (SSSR count). The number of aromatic hydroxyl groups is 1. The maximum atomic E-state index is 12.8. The van der Waals surface area contributed by atoms with Gasteiger partial charge < -0.3 is 10.4 Å². The Balaban J connectivity index is 2.49. The molecule has 0 spiro atoms. The highest BCUT2D eigenvalue weighted by Gasteiger charge is 2.11. The second-order valence-electron chi connectivity index (χ2n) is 2.99. The number of anilines is 1. The number of aryl methyl sites for hydroxylation is 1. The molecule has 3 heteroatoms. The topological polar surface area (TPSA) is 32.3 Å². The molecule has 0 radical (unpaired) electrons. The van der Waals surface area contributed by atoms with Crippen LogP contribution < -0.4 is 5.32 Å². The lowest BCUT2D eigenvalue weighted by atomic mass is 10.0. The zero-order chi connectivity index (χ0) is 8.55. The molecule has 0 amide bonds. The Morgan fingerprint density at radius 3 is 3.08 bits per heavy atom. The van der Waals surface area contributed by atoms with Crippen molar-refractivity contribution in [2.75, 3.05) is 11.9 Å². The number of phenolic OH excluding ortho intramolecular Hbond substituents is 1. The molecule has 1 aromatic carbocycles. The molecule has 1 aliphatic rings. The summed E-state index contributed by atoms with van der Waals surface area (Å²) in [6, 6.07) is 2.85. The first-order valence-electron chi connectivity index (χ1n) is 4.02. The van der Waals surface area contributed by atoms with Crippen LogP contribution in [0, 0.1) is 5.82 Å². The van der Waals surface area contributed by atoms with Gasteiger partial charge >= 0.3 is 0 Å². The van der Waals surface area contributed by atoms with Crippen LogP contribution in [0.4, 0.5) is 10.1 Å². The van der Waals surface area contributed by atoms with Crippen molar-refractivity contribution in [1.82, 2.24) is 0 Å². The number of hydrogen-bond acceptors (Lipinski definition) is 2. The van der Waals surface area contributed by atoms with Gasteiger partial charge in [-0.25, -0.2) is 4.39 Å². The number of hydrogen-bond donors (Lipinski definition) is 2. The summed E-state index contributed by atoms with van der Waals surface area (Å²) in [5, 5.41) is 12.2. The maximum absolute atomic E-state index is 12.8. The van der Waals surface area contributed by atoms with Crippen LogP contribution in [0.5, 0.6) is 5.75 Å². The van der Waals surface area contributed by atoms with Crippen molar-refractivity contribution in [3.8, 4) is 5.75 Å². The monoisotopic (exact) mass is 167 g/mol. The molecule has 0 unspecified atom stereocenters. The number of halogens is 1. The molecule has 1 aromatic rings. The van der Waals surface area contributed by atoms with Crippen molar-refractivity contribution in [2.45, 2.75) is 12.8 Å². The SMILES string of the molecule is Oc1cc2c(cc1F)NCCC2. The number of nitrogens with one attached hydrogen (secondary N) is 1. The van der Waals surface area contributed by atoms with E-state index in [1.807, 2.05) is 0 Å². The lowest BCUT2D eigenvalue weighted by Gasteiger charge is -2.17. The molecular formula is C9H10FNO. The molecule has 0 saturated carbocycles. The molecule has 0 saturated heterocycles. The van der Waals surface area contributed by atoms with E-state index < -0.39 is 5.82 Å². The first kappa shape index (κ1) is 7.40. The summed E-state index contributed by atoms with van der Waals surface area (Å²) < 4.78 is 12.8. The summed E-state index contributed by atoms with van der Waals surface area (Å²) in [5.41, 5.74) is 1.82. The molecule has 2 N–H and O–H groups in total. The van der Waals surface area contributed by atoms with Gasteiger partial charge in [0.25, 0.3) is 0 Å². The van der Waals surface area contributed by atoms with Crippen molar-refractivity contribution < 1.29 is 9.50 Å². The van der Waals surface area contributed by atoms with Crippen LogP contribution in [-0.4, -0.2) is 11.7 Å². The van der Waals surface area contributed by atoms with Crippen LogP contribution in [-0.2, 0) is 6.42 Å². The molecule has 0 aliphatic carbocycles. The van der Waals surface area contributed by atoms with Gasteiger partial charge in [-0.2, -0.15) is 0 Å². The Morgan fingerprint density at radius 1 is 1.42 bits per heavy atom. The van der Waals surface area contributed by atoms with E-state index in [2.05, 4.69) is 5.32 Å². The number of benzene rings is 1. The minimum atomic E-state index is -0.553. The van der Waals surface area contributed by atoms with Crippen molar-refractivity contribution >= 4 is 5.69 Å². The first-order chi connectivity index (χ1) is 5.77. The fraction of sp³-hybridized carbons (Fsp3) is 0.333. The second-order valence-corrected chi connectivity index (χ2v) is 2.99. The van der Waals surface area contributed by atoms with E-state index in [4.69, 9.17) is 5.11 Å². The zero-order valence-corrected chi connectivity index (χ0v) is 6.60. The van der Waals surface area contributed by atoms with Crippen LogP contribution >= 0.6 is 0 Å². The van der Waals surface area contributed by atoms with Gasteiger partial charge in [-0.15, -0.1) is 0 Å². The summed E-state index contributed by atoms with van der Waals surface area (Å²) in [6.07, 6.45) is 1.95. The largest absolute Gasteiger partial charge is 0.505 e. The predicted octanol–water partition coefficient (Wildman–Crippen LogP) is 1.89. The normalized spacial score (nSPS) is 15.1. The summed E-state index contributed by atoms with van der Waals surface area (Å²) in [4.78, 5) is 0. The number of phenols is 1. The molecule has 12 heavy (non-hydrogen) atoms. The third-order valence-electron chi connectivity index (χ3n) is 2.11. The van der Waals surface area contributed by atoms with Crippen LogP contribution in [0.2, 0.25) is 0 Å². The summed E-state index contributed by atoms with van der Waals surface area (Å²) in [6.45, 7) is 0.886. The van der Waals surface area contributed by atoms with E-state index in [9.17, 15) is 4.39 Å². The van der Waals surface area contributed by atoms with Gasteiger partial charge in [0.05, 0.1) is 0 Å². The van der Waals surface area contributed by atoms with Gasteiger partial charge in [0.2, 0.25) is 0 Å². The van der Waals surface area contributed by atoms with E-state index in [1.165, 1.54) is 12.1 Å². The lowest BCUT2D eigenvalue weighted by Crippen LogP contribution is -2.11. The fourth-order valence-corrected chi connectivity index (χ4v) is 1.48. The fourth-order valence-electron chi connectivity index (χ4n) is 1.48. The highest BCUT2D eigenvalue weighted by Crippen LogP contribution is 2.28. The van der Waals surface area contributed by atoms with E-state index >= 15 is 0 Å². The Bertz CT molecular complexity index is 281. The van der Waals surface area contributed by atoms with Gasteiger partial charge in [-0.3, -0.25) is 0 Å². The summed E-state index contributed by atoms with van der Waals surface area (Å²) in [5.74, 6) is -0.805. The molecule has 0 bridgehead atoms. The van der Waals surface area contributed by atoms with Crippen LogP contribution in [0.3, 0.4) is 0 Å². The number of fused-ring (bicyclic) bond motifs is 1. The third-order valence-corrected chi connectivity index (χ3v) is 2.11. The van der Waals surface area contributed by atoms with E-state index in [-0.39, 0.29) is 5.75 Å². The predicted molar refractivity (Wildman–Crippen MR) is 44.9 cm³/mol. The standard InChI is InChI=1S/C9H10FNO/c10-7-5-8-6(4-9(7)12)2-1-3-11-8/h4-5,11-12H,1-3H2. The first-order valence-corrected chi connectivity index (χ1v) is 4.02. The average Bonchev–Trinajstić information content (AvgIpc) is 2.07. The third kappa shape index (κ3) is 1.11. The van der Waals surface area contributed by atoms with Gasteiger partial charge in [-0.05, 0) is 24.5 Å². The molecule has 0 fully saturated rings. The van der Waals surface area contributed by atoms with Gasteiger partial charge in [-0.1, -0.05) is 0 Å². The molecule has 2 nitrogen and oxygen atoms in total. The molecular weight excluding hydrogens is 157 g/mol. The van der Waals surface area contributed by atoms with Gasteiger partial charge in [0.1, 0.15) is 0 Å². The highest BCUT2D eigenvalue weighted by atomic mass is 19.1. The Kier molecular flexibility index (Phi) is 1.64. The maximum Gasteiger partial charge on any atom is 0.166 e. The average molecular weight is 167 g/mol. The zero-order valence-electron chi connectivity index (χ0n) is 6.60. The Labute approximate surface area is 70.0 Å². The number of rotatable bonds is 0. The van der Waals surface area contributed by atoms with Crippen LogP contribution in [0.1, 0.15) is 12.0 Å². The minimum absolute atomic E-state index is 0.252. The van der Waals surface area contributed by atoms with Gasteiger partial charge in [0, 0.05) is 18.3 Å². The van der Waals surface area contributed by atoms with Crippen LogP contribution in [0.15, 0.2) is 12.1 Å². The molecule has 1 heterocycles. The van der Waals surface area contributed by atoms with E-state index in [0.717, 1.165) is 30.6 Å². The smallest absolute Gasteiger partial charge is 0.166 e.